The van der Waals surface area contributed by atoms with E-state index in [0.29, 0.717) is 18.8 Å². The van der Waals surface area contributed by atoms with E-state index in [9.17, 15) is 4.79 Å². The molecule has 7 heteroatoms. The molecule has 0 atom stereocenters. The molecule has 0 spiro atoms. The highest BCUT2D eigenvalue weighted by Crippen LogP contribution is 2.27. The van der Waals surface area contributed by atoms with E-state index in [-0.39, 0.29) is 36.5 Å². The second-order valence-electron chi connectivity index (χ2n) is 6.59. The molecular formula is C22H29IN4O2. The first-order valence-corrected chi connectivity index (χ1v) is 9.83. The number of anilines is 1. The van der Waals surface area contributed by atoms with Crippen molar-refractivity contribution < 1.29 is 9.53 Å². The van der Waals surface area contributed by atoms with E-state index in [1.807, 2.05) is 31.2 Å². The van der Waals surface area contributed by atoms with Gasteiger partial charge in [0.15, 0.2) is 12.6 Å². The van der Waals surface area contributed by atoms with E-state index in [1.165, 1.54) is 11.3 Å². The van der Waals surface area contributed by atoms with Crippen LogP contribution in [0, 0.1) is 0 Å². The monoisotopic (exact) mass is 508 g/mol. The SMILES string of the molecule is CCNC(=O)COc1cccc(CN=C(NCC)N2CCc3ccccc32)c1.I. The molecule has 2 N–H and O–H groups in total. The lowest BCUT2D eigenvalue weighted by atomic mass is 10.2. The number of nitrogens with one attached hydrogen (secondary N) is 2. The van der Waals surface area contributed by atoms with E-state index in [2.05, 4.69) is 46.7 Å². The van der Waals surface area contributed by atoms with Gasteiger partial charge >= 0.3 is 0 Å². The highest BCUT2D eigenvalue weighted by Gasteiger charge is 2.22. The van der Waals surface area contributed by atoms with Crippen molar-refractivity contribution in [3.63, 3.8) is 0 Å². The number of benzene rings is 2. The third kappa shape index (κ3) is 6.35. The maximum Gasteiger partial charge on any atom is 0.257 e. The van der Waals surface area contributed by atoms with Crippen LogP contribution in [0.25, 0.3) is 0 Å². The van der Waals surface area contributed by atoms with Crippen LogP contribution in [0.2, 0.25) is 0 Å². The summed E-state index contributed by atoms with van der Waals surface area (Å²) in [4.78, 5) is 18.6. The highest BCUT2D eigenvalue weighted by molar-refractivity contribution is 14.0. The van der Waals surface area contributed by atoms with Crippen LogP contribution in [-0.4, -0.2) is 38.1 Å². The number of hydrogen-bond donors (Lipinski definition) is 2. The maximum absolute atomic E-state index is 11.6. The van der Waals surface area contributed by atoms with Gasteiger partial charge in [0, 0.05) is 25.3 Å². The molecule has 29 heavy (non-hydrogen) atoms. The average Bonchev–Trinajstić information content (AvgIpc) is 3.14. The normalized spacial score (nSPS) is 12.8. The summed E-state index contributed by atoms with van der Waals surface area (Å²) in [5.74, 6) is 1.45. The Morgan fingerprint density at radius 2 is 1.90 bits per heavy atom. The number of para-hydroxylation sites is 1. The van der Waals surface area contributed by atoms with Gasteiger partial charge in [-0.2, -0.15) is 0 Å². The smallest absolute Gasteiger partial charge is 0.257 e. The number of hydrogen-bond acceptors (Lipinski definition) is 3. The van der Waals surface area contributed by atoms with Gasteiger partial charge in [0.2, 0.25) is 0 Å². The van der Waals surface area contributed by atoms with Crippen molar-refractivity contribution in [1.82, 2.24) is 10.6 Å². The van der Waals surface area contributed by atoms with Crippen LogP contribution in [-0.2, 0) is 17.8 Å². The van der Waals surface area contributed by atoms with E-state index < -0.39 is 0 Å². The van der Waals surface area contributed by atoms with Gasteiger partial charge in [-0.25, -0.2) is 4.99 Å². The van der Waals surface area contributed by atoms with Gasteiger partial charge in [-0.3, -0.25) is 4.79 Å². The van der Waals surface area contributed by atoms with E-state index in [4.69, 9.17) is 9.73 Å². The summed E-state index contributed by atoms with van der Waals surface area (Å²) in [7, 11) is 0. The molecule has 2 aromatic rings. The number of fused-ring (bicyclic) bond motifs is 1. The fourth-order valence-electron chi connectivity index (χ4n) is 3.25. The molecule has 2 aromatic carbocycles. The van der Waals surface area contributed by atoms with Crippen molar-refractivity contribution in [2.24, 2.45) is 4.99 Å². The molecule has 1 aliphatic heterocycles. The van der Waals surface area contributed by atoms with E-state index in [0.717, 1.165) is 31.0 Å². The van der Waals surface area contributed by atoms with Crippen LogP contribution < -0.4 is 20.3 Å². The molecule has 1 heterocycles. The van der Waals surface area contributed by atoms with Crippen LogP contribution >= 0.6 is 24.0 Å². The summed E-state index contributed by atoms with van der Waals surface area (Å²) in [5.41, 5.74) is 3.62. The van der Waals surface area contributed by atoms with Gasteiger partial charge in [-0.05, 0) is 49.6 Å². The first-order valence-electron chi connectivity index (χ1n) is 9.83. The molecule has 0 radical (unpaired) electrons. The van der Waals surface area contributed by atoms with Gasteiger partial charge in [0.05, 0.1) is 6.54 Å². The third-order valence-electron chi connectivity index (χ3n) is 4.53. The van der Waals surface area contributed by atoms with Crippen molar-refractivity contribution >= 4 is 41.5 Å². The van der Waals surface area contributed by atoms with Crippen LogP contribution in [0.4, 0.5) is 5.69 Å². The second-order valence-corrected chi connectivity index (χ2v) is 6.59. The Bertz CT molecular complexity index is 841. The first-order chi connectivity index (χ1) is 13.7. The van der Waals surface area contributed by atoms with Gasteiger partial charge in [-0.1, -0.05) is 30.3 Å². The topological polar surface area (TPSA) is 66.0 Å². The molecule has 0 fully saturated rings. The fourth-order valence-corrected chi connectivity index (χ4v) is 3.25. The molecule has 1 amide bonds. The van der Waals surface area contributed by atoms with Crippen molar-refractivity contribution in [2.75, 3.05) is 31.1 Å². The minimum atomic E-state index is -0.118. The molecule has 156 valence electrons. The largest absolute Gasteiger partial charge is 0.484 e. The molecule has 0 aliphatic carbocycles. The van der Waals surface area contributed by atoms with Crippen molar-refractivity contribution in [1.29, 1.82) is 0 Å². The van der Waals surface area contributed by atoms with Crippen LogP contribution in [0.15, 0.2) is 53.5 Å². The molecule has 0 saturated heterocycles. The highest BCUT2D eigenvalue weighted by atomic mass is 127. The Morgan fingerprint density at radius 3 is 2.69 bits per heavy atom. The maximum atomic E-state index is 11.6. The number of rotatable bonds is 7. The summed E-state index contributed by atoms with van der Waals surface area (Å²) in [6.45, 7) is 6.87. The summed E-state index contributed by atoms with van der Waals surface area (Å²) in [6, 6.07) is 16.2. The number of amides is 1. The zero-order valence-corrected chi connectivity index (χ0v) is 19.3. The Balaban J connectivity index is 0.00000300. The Labute approximate surface area is 189 Å². The van der Waals surface area contributed by atoms with Gasteiger partial charge in [0.25, 0.3) is 5.91 Å². The van der Waals surface area contributed by atoms with Gasteiger partial charge in [0.1, 0.15) is 5.75 Å². The zero-order valence-electron chi connectivity index (χ0n) is 17.0. The quantitative estimate of drug-likeness (QED) is 0.342. The molecule has 0 saturated carbocycles. The fraction of sp³-hybridized carbons (Fsp3) is 0.364. The average molecular weight is 508 g/mol. The molecule has 0 bridgehead atoms. The molecule has 1 aliphatic rings. The lowest BCUT2D eigenvalue weighted by Crippen LogP contribution is -2.40. The Hall–Kier alpha value is -2.29. The number of carbonyl (C=O) groups excluding carboxylic acids is 1. The van der Waals surface area contributed by atoms with Gasteiger partial charge < -0.3 is 20.3 Å². The van der Waals surface area contributed by atoms with Crippen LogP contribution in [0.1, 0.15) is 25.0 Å². The van der Waals surface area contributed by atoms with E-state index in [1.54, 1.807) is 0 Å². The minimum Gasteiger partial charge on any atom is -0.484 e. The lowest BCUT2D eigenvalue weighted by molar-refractivity contribution is -0.122. The number of guanidine groups is 1. The van der Waals surface area contributed by atoms with E-state index >= 15 is 0 Å². The Kier molecular flexibility index (Phi) is 9.24. The Morgan fingerprint density at radius 1 is 1.10 bits per heavy atom. The van der Waals surface area contributed by atoms with Crippen molar-refractivity contribution in [2.45, 2.75) is 26.8 Å². The standard InChI is InChI=1S/C22H28N4O2.HI/c1-3-23-21(27)16-28-19-10-7-8-17(14-19)15-25-22(24-4-2)26-13-12-18-9-5-6-11-20(18)26;/h5-11,14H,3-4,12-13,15-16H2,1-2H3,(H,23,27)(H,24,25);1H. The number of halogens is 1. The van der Waals surface area contributed by atoms with Gasteiger partial charge in [-0.15, -0.1) is 24.0 Å². The molecule has 0 unspecified atom stereocenters. The summed E-state index contributed by atoms with van der Waals surface area (Å²) in [6.07, 6.45) is 1.03. The minimum absolute atomic E-state index is 0. The molecule has 3 rings (SSSR count). The number of ether oxygens (including phenoxy) is 1. The lowest BCUT2D eigenvalue weighted by Gasteiger charge is -2.22. The van der Waals surface area contributed by atoms with Crippen LogP contribution in [0.3, 0.4) is 0 Å². The van der Waals surface area contributed by atoms with Crippen molar-refractivity contribution in [3.8, 4) is 5.75 Å². The first kappa shape index (κ1) is 23.0. The third-order valence-corrected chi connectivity index (χ3v) is 4.53. The molecule has 6 nitrogen and oxygen atoms in total. The van der Waals surface area contributed by atoms with Crippen LogP contribution in [0.5, 0.6) is 5.75 Å². The number of aliphatic imine (C=N–C) groups is 1. The summed E-state index contributed by atoms with van der Waals surface area (Å²) in [5, 5.41) is 6.12. The second kappa shape index (κ2) is 11.6. The number of likely N-dealkylation sites (N-methyl/N-ethyl adjacent to an activating group) is 1. The summed E-state index contributed by atoms with van der Waals surface area (Å²) >= 11 is 0. The molecular weight excluding hydrogens is 479 g/mol. The predicted molar refractivity (Wildman–Crippen MR) is 128 cm³/mol. The summed E-state index contributed by atoms with van der Waals surface area (Å²) < 4.78 is 5.58. The van der Waals surface area contributed by atoms with Crippen molar-refractivity contribution in [3.05, 3.63) is 59.7 Å². The molecule has 0 aromatic heterocycles. The number of nitrogens with zero attached hydrogens (tertiary/aromatic N) is 2. The number of carbonyl (C=O) groups is 1. The zero-order chi connectivity index (χ0) is 19.8. The predicted octanol–water partition coefficient (Wildman–Crippen LogP) is 3.35.